The van der Waals surface area contributed by atoms with E-state index in [2.05, 4.69) is 51.2 Å². The summed E-state index contributed by atoms with van der Waals surface area (Å²) in [6, 6.07) is 0. The summed E-state index contributed by atoms with van der Waals surface area (Å²) in [5.74, 6) is 6.50. The Morgan fingerprint density at radius 3 is 1.54 bits per heavy atom. The Morgan fingerprint density at radius 1 is 0.757 bits per heavy atom. The van der Waals surface area contributed by atoms with E-state index in [0.717, 1.165) is 91.0 Å². The molecular formula is C30H50O6Si. The van der Waals surface area contributed by atoms with Crippen molar-refractivity contribution in [3.8, 4) is 23.8 Å². The van der Waals surface area contributed by atoms with Gasteiger partial charge in [0.1, 0.15) is 21.3 Å². The molecule has 2 spiro atoms. The van der Waals surface area contributed by atoms with Crippen molar-refractivity contribution in [3.63, 3.8) is 0 Å². The van der Waals surface area contributed by atoms with Gasteiger partial charge in [-0.05, 0) is 42.6 Å². The van der Waals surface area contributed by atoms with Crippen LogP contribution in [-0.2, 0) is 28.4 Å². The fourth-order valence-electron chi connectivity index (χ4n) is 5.15. The molecule has 4 aliphatic rings. The Bertz CT molecular complexity index is 770. The molecule has 4 fully saturated rings. The van der Waals surface area contributed by atoms with E-state index in [1.54, 1.807) is 0 Å². The van der Waals surface area contributed by atoms with Crippen molar-refractivity contribution < 1.29 is 28.4 Å². The van der Waals surface area contributed by atoms with Crippen molar-refractivity contribution >= 4 is 8.07 Å². The van der Waals surface area contributed by atoms with Crippen molar-refractivity contribution in [1.82, 2.24) is 0 Å². The van der Waals surface area contributed by atoms with Gasteiger partial charge in [-0.15, -0.1) is 12.0 Å². The van der Waals surface area contributed by atoms with Gasteiger partial charge in [0.05, 0.1) is 39.6 Å². The highest BCUT2D eigenvalue weighted by Gasteiger charge is 2.41. The second-order valence-corrected chi connectivity index (χ2v) is 17.5. The fraction of sp³-hybridized carbons (Fsp3) is 0.867. The molecule has 0 aromatic carbocycles. The van der Waals surface area contributed by atoms with Gasteiger partial charge in [-0.25, -0.2) is 0 Å². The van der Waals surface area contributed by atoms with Gasteiger partial charge in [0.25, 0.3) is 0 Å². The van der Waals surface area contributed by atoms with E-state index in [4.69, 9.17) is 34.8 Å². The van der Waals surface area contributed by atoms with E-state index in [-0.39, 0.29) is 11.6 Å². The first-order chi connectivity index (χ1) is 17.6. The van der Waals surface area contributed by atoms with E-state index in [0.29, 0.717) is 30.1 Å². The van der Waals surface area contributed by atoms with E-state index in [9.17, 15) is 0 Å². The summed E-state index contributed by atoms with van der Waals surface area (Å²) in [4.78, 5) is 0. The zero-order valence-corrected chi connectivity index (χ0v) is 25.0. The van der Waals surface area contributed by atoms with Gasteiger partial charge in [0.15, 0.2) is 11.6 Å². The van der Waals surface area contributed by atoms with Gasteiger partial charge in [-0.2, -0.15) is 0 Å². The van der Waals surface area contributed by atoms with E-state index >= 15 is 0 Å². The lowest BCUT2D eigenvalue weighted by Gasteiger charge is -2.35. The Balaban J connectivity index is 0.000000220. The van der Waals surface area contributed by atoms with E-state index in [1.165, 1.54) is 0 Å². The van der Waals surface area contributed by atoms with Crippen LogP contribution in [0.1, 0.15) is 72.1 Å². The Kier molecular flexibility index (Phi) is 11.5. The van der Waals surface area contributed by atoms with Crippen molar-refractivity contribution in [2.75, 3.05) is 52.9 Å². The van der Waals surface area contributed by atoms with Crippen LogP contribution >= 0.6 is 0 Å². The zero-order valence-electron chi connectivity index (χ0n) is 24.0. The molecule has 4 rings (SSSR count). The number of hydrogen-bond donors (Lipinski definition) is 0. The van der Waals surface area contributed by atoms with Gasteiger partial charge in [-0.1, -0.05) is 45.7 Å². The normalized spacial score (nSPS) is 25.2. The number of terminal acetylenes is 1. The summed E-state index contributed by atoms with van der Waals surface area (Å²) in [5, 5.41) is 0.318. The second kappa shape index (κ2) is 13.9. The maximum atomic E-state index is 5.80. The summed E-state index contributed by atoms with van der Waals surface area (Å²) >= 11 is 0. The average molecular weight is 535 g/mol. The Hall–Kier alpha value is -0.903. The monoisotopic (exact) mass is 534 g/mol. The van der Waals surface area contributed by atoms with Crippen LogP contribution in [0.3, 0.4) is 0 Å². The summed E-state index contributed by atoms with van der Waals surface area (Å²) in [7, 11) is -1.49. The highest BCUT2D eigenvalue weighted by atomic mass is 28.3. The molecule has 0 amide bonds. The van der Waals surface area contributed by atoms with Crippen molar-refractivity contribution in [1.29, 1.82) is 0 Å². The standard InChI is InChI=1S/C18H32O3Si.C12H18O3/c1-17(2,3)22(4,5)14-6-11-19-15-16-7-9-18(10-8-16)20-12-13-21-18;1-2-7-13-10-11-3-5-12(6-4-11)14-8-9-15-12/h16H,7-13,15H2,1-5H3;1,11H,3-10H2. The molecule has 6 nitrogen and oxygen atoms in total. The third kappa shape index (κ3) is 9.36. The first-order valence-electron chi connectivity index (χ1n) is 14.2. The summed E-state index contributed by atoms with van der Waals surface area (Å²) in [6.45, 7) is 17.1. The molecule has 7 heteroatoms. The molecule has 2 saturated heterocycles. The van der Waals surface area contributed by atoms with Gasteiger partial charge in [-0.3, -0.25) is 0 Å². The van der Waals surface area contributed by atoms with Gasteiger partial charge < -0.3 is 28.4 Å². The minimum absolute atomic E-state index is 0.247. The lowest BCUT2D eigenvalue weighted by atomic mass is 9.85. The topological polar surface area (TPSA) is 55.4 Å². The number of ether oxygens (including phenoxy) is 6. The van der Waals surface area contributed by atoms with Crippen LogP contribution in [-0.4, -0.2) is 72.5 Å². The van der Waals surface area contributed by atoms with Crippen LogP contribution in [0.2, 0.25) is 18.1 Å². The number of hydrogen-bond acceptors (Lipinski definition) is 6. The molecule has 210 valence electrons. The van der Waals surface area contributed by atoms with Gasteiger partial charge in [0.2, 0.25) is 0 Å². The van der Waals surface area contributed by atoms with Crippen molar-refractivity contribution in [2.24, 2.45) is 11.8 Å². The second-order valence-electron chi connectivity index (χ2n) is 12.5. The van der Waals surface area contributed by atoms with Crippen LogP contribution in [0.25, 0.3) is 0 Å². The van der Waals surface area contributed by atoms with Crippen LogP contribution in [0, 0.1) is 35.6 Å². The van der Waals surface area contributed by atoms with E-state index in [1.807, 2.05) is 0 Å². The molecule has 0 radical (unpaired) electrons. The van der Waals surface area contributed by atoms with Crippen molar-refractivity contribution in [2.45, 2.75) is 102 Å². The molecule has 0 unspecified atom stereocenters. The Morgan fingerprint density at radius 2 is 1.16 bits per heavy atom. The van der Waals surface area contributed by atoms with Gasteiger partial charge >= 0.3 is 0 Å². The lowest BCUT2D eigenvalue weighted by molar-refractivity contribution is -0.184. The molecule has 2 heterocycles. The van der Waals surface area contributed by atoms with Crippen LogP contribution in [0.4, 0.5) is 0 Å². The zero-order chi connectivity index (χ0) is 26.8. The Labute approximate surface area is 226 Å². The molecule has 0 atom stereocenters. The molecular weight excluding hydrogens is 484 g/mol. The first-order valence-corrected chi connectivity index (χ1v) is 17.2. The molecule has 0 aromatic rings. The smallest absolute Gasteiger partial charge is 0.168 e. The molecule has 0 bridgehead atoms. The highest BCUT2D eigenvalue weighted by Crippen LogP contribution is 2.39. The SMILES string of the molecule is C#CCOCC1CCC2(CC1)OCCO2.CC(C)(C)[Si](C)(C)C#CCOCC1CCC2(CC1)OCCO2. The van der Waals surface area contributed by atoms with Crippen molar-refractivity contribution in [3.05, 3.63) is 0 Å². The fourth-order valence-corrected chi connectivity index (χ4v) is 6.03. The quantitative estimate of drug-likeness (QED) is 0.253. The summed E-state index contributed by atoms with van der Waals surface area (Å²) in [6.07, 6.45) is 13.6. The van der Waals surface area contributed by atoms with E-state index < -0.39 is 8.07 Å². The summed E-state index contributed by atoms with van der Waals surface area (Å²) < 4.78 is 34.0. The predicted molar refractivity (Wildman–Crippen MR) is 149 cm³/mol. The first kappa shape index (κ1) is 30.6. The van der Waals surface area contributed by atoms with Crippen LogP contribution < -0.4 is 0 Å². The number of rotatable bonds is 6. The molecule has 0 aromatic heterocycles. The maximum absolute atomic E-state index is 5.80. The predicted octanol–water partition coefficient (Wildman–Crippen LogP) is 5.56. The van der Waals surface area contributed by atoms with Crippen LogP contribution in [0.5, 0.6) is 0 Å². The minimum Gasteiger partial charge on any atom is -0.369 e. The van der Waals surface area contributed by atoms with Gasteiger partial charge in [0, 0.05) is 25.7 Å². The molecule has 2 saturated carbocycles. The third-order valence-corrected chi connectivity index (χ3v) is 13.3. The highest BCUT2D eigenvalue weighted by molar-refractivity contribution is 6.87. The molecule has 2 aliphatic carbocycles. The average Bonchev–Trinajstić information content (AvgIpc) is 3.52. The molecule has 2 aliphatic heterocycles. The summed E-state index contributed by atoms with van der Waals surface area (Å²) in [5.41, 5.74) is 3.50. The minimum atomic E-state index is -1.49. The maximum Gasteiger partial charge on any atom is 0.168 e. The molecule has 37 heavy (non-hydrogen) atoms. The van der Waals surface area contributed by atoms with Crippen LogP contribution in [0.15, 0.2) is 0 Å². The third-order valence-electron chi connectivity index (χ3n) is 8.70. The lowest BCUT2D eigenvalue weighted by Crippen LogP contribution is -2.36. The largest absolute Gasteiger partial charge is 0.369 e. The molecule has 0 N–H and O–H groups in total.